The molecule has 0 aromatic carbocycles. The van der Waals surface area contributed by atoms with Gasteiger partial charge in [0.2, 0.25) is 17.8 Å². The minimum Gasteiger partial charge on any atom is -0.383 e. The third kappa shape index (κ3) is 7.85. The van der Waals surface area contributed by atoms with E-state index in [1.807, 2.05) is 11.9 Å². The molecule has 1 amide bonds. The molecule has 2 fully saturated rings. The van der Waals surface area contributed by atoms with Gasteiger partial charge in [0.05, 0.1) is 33.0 Å². The van der Waals surface area contributed by atoms with E-state index in [9.17, 15) is 4.79 Å². The van der Waals surface area contributed by atoms with Gasteiger partial charge < -0.3 is 43.4 Å². The van der Waals surface area contributed by atoms with Gasteiger partial charge in [-0.1, -0.05) is 0 Å². The van der Waals surface area contributed by atoms with Crippen LogP contribution in [0.1, 0.15) is 19.3 Å². The van der Waals surface area contributed by atoms with E-state index < -0.39 is 0 Å². The van der Waals surface area contributed by atoms with Crippen LogP contribution in [0.15, 0.2) is 0 Å². The maximum Gasteiger partial charge on any atom is 0.241 e. The molecule has 0 radical (unpaired) electrons. The largest absolute Gasteiger partial charge is 0.383 e. The normalized spacial score (nSPS) is 16.0. The molecule has 14 heteroatoms. The molecule has 4 rings (SSSR count). The van der Waals surface area contributed by atoms with Crippen molar-refractivity contribution < 1.29 is 23.7 Å². The van der Waals surface area contributed by atoms with Crippen LogP contribution in [-0.4, -0.2) is 152 Å². The van der Waals surface area contributed by atoms with Crippen LogP contribution in [-0.2, 0) is 23.7 Å². The molecule has 0 bridgehead atoms. The Morgan fingerprint density at radius 2 is 1.07 bits per heavy atom. The zero-order chi connectivity index (χ0) is 29.9. The van der Waals surface area contributed by atoms with E-state index in [0.717, 1.165) is 31.7 Å². The zero-order valence-corrected chi connectivity index (χ0v) is 25.9. The van der Waals surface area contributed by atoms with Crippen LogP contribution in [0.2, 0.25) is 0 Å². The number of methoxy groups -OCH3 is 4. The monoisotopic (exact) mass is 589 g/mol. The zero-order valence-electron chi connectivity index (χ0n) is 25.9. The van der Waals surface area contributed by atoms with Crippen LogP contribution in [0.3, 0.4) is 0 Å². The second kappa shape index (κ2) is 16.0. The summed E-state index contributed by atoms with van der Waals surface area (Å²) in [5, 5.41) is 0. The summed E-state index contributed by atoms with van der Waals surface area (Å²) in [6.45, 7) is 7.68. The average molecular weight is 590 g/mol. The predicted molar refractivity (Wildman–Crippen MR) is 163 cm³/mol. The van der Waals surface area contributed by atoms with Crippen molar-refractivity contribution in [2.75, 3.05) is 140 Å². The lowest BCUT2D eigenvalue weighted by atomic mass is 10.1. The summed E-state index contributed by atoms with van der Waals surface area (Å²) in [6.07, 6.45) is 3.36. The molecule has 14 nitrogen and oxygen atoms in total. The molecule has 0 saturated carbocycles. The van der Waals surface area contributed by atoms with Gasteiger partial charge in [-0.15, -0.1) is 0 Å². The fraction of sp³-hybridized carbons (Fsp3) is 0.750. The van der Waals surface area contributed by atoms with Crippen molar-refractivity contribution in [3.8, 4) is 0 Å². The number of ether oxygens (including phenoxy) is 4. The Bertz CT molecular complexity index is 1130. The van der Waals surface area contributed by atoms with Crippen molar-refractivity contribution in [2.24, 2.45) is 0 Å². The van der Waals surface area contributed by atoms with Gasteiger partial charge in [0.25, 0.3) is 0 Å². The van der Waals surface area contributed by atoms with E-state index in [0.29, 0.717) is 94.4 Å². The molecule has 2 saturated heterocycles. The number of anilines is 4. The molecule has 2 aromatic heterocycles. The summed E-state index contributed by atoms with van der Waals surface area (Å²) in [5.41, 5.74) is 1.32. The number of piperazine rings is 1. The van der Waals surface area contributed by atoms with Crippen molar-refractivity contribution in [1.82, 2.24) is 24.8 Å². The van der Waals surface area contributed by atoms with Gasteiger partial charge in [-0.05, 0) is 19.3 Å². The number of carbonyl (C=O) groups is 1. The quantitative estimate of drug-likeness (QED) is 0.276. The summed E-state index contributed by atoms with van der Waals surface area (Å²) in [6, 6.07) is 0. The Morgan fingerprint density at radius 1 is 0.619 bits per heavy atom. The Morgan fingerprint density at radius 3 is 1.50 bits per heavy atom. The first-order chi connectivity index (χ1) is 20.5. The van der Waals surface area contributed by atoms with Crippen LogP contribution >= 0.6 is 0 Å². The molecular formula is C28H47N9O5. The summed E-state index contributed by atoms with van der Waals surface area (Å²) in [5.74, 6) is 2.58. The molecule has 0 spiro atoms. The predicted octanol–water partition coefficient (Wildman–Crippen LogP) is 0.887. The minimum atomic E-state index is 0.0394. The van der Waals surface area contributed by atoms with E-state index in [-0.39, 0.29) is 12.5 Å². The Labute approximate surface area is 248 Å². The van der Waals surface area contributed by atoms with E-state index >= 15 is 0 Å². The van der Waals surface area contributed by atoms with Crippen LogP contribution in [0.25, 0.3) is 11.0 Å². The lowest BCUT2D eigenvalue weighted by molar-refractivity contribution is -0.129. The Hall–Kier alpha value is -3.07. The summed E-state index contributed by atoms with van der Waals surface area (Å²) >= 11 is 0. The highest BCUT2D eigenvalue weighted by atomic mass is 16.5. The number of aromatic nitrogens is 4. The first-order valence-electron chi connectivity index (χ1n) is 14.8. The topological polar surface area (TPSA) is 122 Å². The molecule has 2 aliphatic heterocycles. The van der Waals surface area contributed by atoms with Gasteiger partial charge >= 0.3 is 0 Å². The standard InChI is InChI=1S/C28H47N9O5/c1-33-11-12-37(21-22(33)38)26-24-23(29-28(32-26)36(15-19-41-4)16-20-42-5)25(34-9-7-6-8-10-34)31-27(30-24)35(13-17-39-2)14-18-40-3/h6-21H2,1-5H3. The van der Waals surface area contributed by atoms with Crippen molar-refractivity contribution in [3.63, 3.8) is 0 Å². The van der Waals surface area contributed by atoms with E-state index in [2.05, 4.69) is 14.7 Å². The number of rotatable bonds is 16. The fourth-order valence-electron chi connectivity index (χ4n) is 5.16. The summed E-state index contributed by atoms with van der Waals surface area (Å²) in [7, 11) is 8.57. The number of hydrogen-bond donors (Lipinski definition) is 0. The van der Waals surface area contributed by atoms with Crippen molar-refractivity contribution in [2.45, 2.75) is 19.3 Å². The first-order valence-corrected chi connectivity index (χ1v) is 14.8. The van der Waals surface area contributed by atoms with Crippen molar-refractivity contribution in [1.29, 1.82) is 0 Å². The van der Waals surface area contributed by atoms with Gasteiger partial charge in [0.1, 0.15) is 11.0 Å². The molecule has 42 heavy (non-hydrogen) atoms. The van der Waals surface area contributed by atoms with Crippen LogP contribution < -0.4 is 19.6 Å². The number of likely N-dealkylation sites (N-methyl/N-ethyl adjacent to an activating group) is 1. The lowest BCUT2D eigenvalue weighted by Crippen LogP contribution is -2.49. The van der Waals surface area contributed by atoms with Gasteiger partial charge in [0, 0.05) is 87.8 Å². The molecule has 2 aliphatic rings. The molecule has 2 aromatic rings. The number of fused-ring (bicyclic) bond motifs is 1. The van der Waals surface area contributed by atoms with Gasteiger partial charge in [-0.3, -0.25) is 4.79 Å². The highest BCUT2D eigenvalue weighted by Gasteiger charge is 2.29. The van der Waals surface area contributed by atoms with Crippen LogP contribution in [0.4, 0.5) is 23.5 Å². The van der Waals surface area contributed by atoms with E-state index in [1.54, 1.807) is 33.3 Å². The molecule has 0 atom stereocenters. The number of hydrogen-bond acceptors (Lipinski definition) is 13. The van der Waals surface area contributed by atoms with Gasteiger partial charge in [0.15, 0.2) is 11.6 Å². The maximum absolute atomic E-state index is 12.9. The fourth-order valence-corrected chi connectivity index (χ4v) is 5.16. The second-order valence-electron chi connectivity index (χ2n) is 10.6. The molecule has 0 aliphatic carbocycles. The molecule has 0 N–H and O–H groups in total. The van der Waals surface area contributed by atoms with Crippen molar-refractivity contribution >= 4 is 40.5 Å². The minimum absolute atomic E-state index is 0.0394. The average Bonchev–Trinajstić information content (AvgIpc) is 3.02. The van der Waals surface area contributed by atoms with Crippen LogP contribution in [0.5, 0.6) is 0 Å². The highest BCUT2D eigenvalue weighted by Crippen LogP contribution is 2.34. The van der Waals surface area contributed by atoms with E-state index in [1.165, 1.54) is 6.42 Å². The van der Waals surface area contributed by atoms with E-state index in [4.69, 9.17) is 38.9 Å². The summed E-state index contributed by atoms with van der Waals surface area (Å²) < 4.78 is 21.6. The number of amides is 1. The number of nitrogens with zero attached hydrogens (tertiary/aromatic N) is 9. The molecule has 234 valence electrons. The first kappa shape index (κ1) is 31.9. The third-order valence-corrected chi connectivity index (χ3v) is 7.72. The molecular weight excluding hydrogens is 542 g/mol. The van der Waals surface area contributed by atoms with Crippen LogP contribution in [0, 0.1) is 0 Å². The Kier molecular flexibility index (Phi) is 12.1. The van der Waals surface area contributed by atoms with Gasteiger partial charge in [-0.25, -0.2) is 9.97 Å². The second-order valence-corrected chi connectivity index (χ2v) is 10.6. The smallest absolute Gasteiger partial charge is 0.241 e. The molecule has 4 heterocycles. The number of carbonyl (C=O) groups excluding carboxylic acids is 1. The lowest BCUT2D eigenvalue weighted by Gasteiger charge is -2.35. The summed E-state index contributed by atoms with van der Waals surface area (Å²) in [4.78, 5) is 43.5. The Balaban J connectivity index is 1.93. The van der Waals surface area contributed by atoms with Crippen molar-refractivity contribution in [3.05, 3.63) is 0 Å². The highest BCUT2D eigenvalue weighted by molar-refractivity contribution is 5.96. The maximum atomic E-state index is 12.9. The SMILES string of the molecule is COCCN(CCOC)c1nc(N2CCN(C)C(=O)C2)c2nc(N(CCOC)CCOC)nc(N3CCCCC3)c2n1. The number of piperidine rings is 1. The van der Waals surface area contributed by atoms with Gasteiger partial charge in [-0.2, -0.15) is 9.97 Å². The third-order valence-electron chi connectivity index (χ3n) is 7.72. The molecule has 0 unspecified atom stereocenters.